The van der Waals surface area contributed by atoms with Crippen molar-refractivity contribution in [1.82, 2.24) is 4.90 Å². The second kappa shape index (κ2) is 7.21. The van der Waals surface area contributed by atoms with Gasteiger partial charge in [0.25, 0.3) is 0 Å². The maximum atomic E-state index is 13.7. The number of halogens is 5. The molecule has 24 heavy (non-hydrogen) atoms. The zero-order valence-corrected chi connectivity index (χ0v) is 14.1. The highest BCUT2D eigenvalue weighted by molar-refractivity contribution is 9.10. The van der Waals surface area contributed by atoms with Crippen molar-refractivity contribution in [2.75, 3.05) is 12.4 Å². The summed E-state index contributed by atoms with van der Waals surface area (Å²) < 4.78 is 53.1. The SMILES string of the molecule is CN(Cc1ccccc1C(F)(F)F)C(=O)Nc1ccc(Br)cc1F. The van der Waals surface area contributed by atoms with Crippen LogP contribution in [0.3, 0.4) is 0 Å². The van der Waals surface area contributed by atoms with Gasteiger partial charge in [0, 0.05) is 18.1 Å². The maximum absolute atomic E-state index is 13.7. The minimum Gasteiger partial charge on any atom is -0.323 e. The first-order chi connectivity index (χ1) is 11.2. The zero-order valence-electron chi connectivity index (χ0n) is 12.5. The third kappa shape index (κ3) is 4.47. The van der Waals surface area contributed by atoms with Crippen LogP contribution in [0.15, 0.2) is 46.9 Å². The number of alkyl halides is 3. The van der Waals surface area contributed by atoms with Crippen molar-refractivity contribution >= 4 is 27.6 Å². The van der Waals surface area contributed by atoms with Gasteiger partial charge in [-0.05, 0) is 29.8 Å². The van der Waals surface area contributed by atoms with Crippen molar-refractivity contribution in [1.29, 1.82) is 0 Å². The minimum absolute atomic E-state index is 0.0427. The summed E-state index contributed by atoms with van der Waals surface area (Å²) in [7, 11) is 1.33. The van der Waals surface area contributed by atoms with Crippen LogP contribution in [-0.4, -0.2) is 18.0 Å². The zero-order chi connectivity index (χ0) is 17.9. The molecule has 0 heterocycles. The van der Waals surface area contributed by atoms with E-state index in [1.165, 1.54) is 43.4 Å². The smallest absolute Gasteiger partial charge is 0.323 e. The summed E-state index contributed by atoms with van der Waals surface area (Å²) in [5.74, 6) is -0.651. The molecule has 0 unspecified atom stereocenters. The molecular formula is C16H13BrF4N2O. The van der Waals surface area contributed by atoms with E-state index in [1.54, 1.807) is 0 Å². The second-order valence-corrected chi connectivity index (χ2v) is 5.98. The van der Waals surface area contributed by atoms with E-state index in [1.807, 2.05) is 0 Å². The van der Waals surface area contributed by atoms with Crippen molar-refractivity contribution < 1.29 is 22.4 Å². The van der Waals surface area contributed by atoms with Gasteiger partial charge in [0.1, 0.15) is 5.82 Å². The predicted octanol–water partition coefficient (Wildman–Crippen LogP) is 5.27. The Hall–Kier alpha value is -2.09. The molecule has 0 aliphatic heterocycles. The molecule has 0 radical (unpaired) electrons. The van der Waals surface area contributed by atoms with E-state index in [0.717, 1.165) is 11.0 Å². The number of carbonyl (C=O) groups is 1. The van der Waals surface area contributed by atoms with Crippen molar-refractivity contribution in [3.05, 3.63) is 63.9 Å². The van der Waals surface area contributed by atoms with Gasteiger partial charge < -0.3 is 10.2 Å². The average Bonchev–Trinajstić information content (AvgIpc) is 2.49. The number of nitrogens with one attached hydrogen (secondary N) is 1. The van der Waals surface area contributed by atoms with Gasteiger partial charge in [0.2, 0.25) is 0 Å². The molecule has 0 saturated carbocycles. The van der Waals surface area contributed by atoms with E-state index >= 15 is 0 Å². The molecule has 0 bridgehead atoms. The Morgan fingerprint density at radius 2 is 1.88 bits per heavy atom. The molecule has 0 fully saturated rings. The summed E-state index contributed by atoms with van der Waals surface area (Å²) in [6, 6.07) is 8.35. The topological polar surface area (TPSA) is 32.3 Å². The average molecular weight is 405 g/mol. The number of amides is 2. The van der Waals surface area contributed by atoms with Gasteiger partial charge in [-0.1, -0.05) is 34.1 Å². The molecule has 2 aromatic rings. The second-order valence-electron chi connectivity index (χ2n) is 5.07. The van der Waals surface area contributed by atoms with Crippen LogP contribution >= 0.6 is 15.9 Å². The van der Waals surface area contributed by atoms with E-state index < -0.39 is 23.6 Å². The lowest BCUT2D eigenvalue weighted by Gasteiger charge is -2.21. The van der Waals surface area contributed by atoms with Crippen LogP contribution < -0.4 is 5.32 Å². The molecule has 2 amide bonds. The highest BCUT2D eigenvalue weighted by atomic mass is 79.9. The van der Waals surface area contributed by atoms with Crippen molar-refractivity contribution in [3.8, 4) is 0 Å². The first-order valence-electron chi connectivity index (χ1n) is 6.81. The molecule has 0 spiro atoms. The lowest BCUT2D eigenvalue weighted by Crippen LogP contribution is -2.31. The number of urea groups is 1. The predicted molar refractivity (Wildman–Crippen MR) is 86.0 cm³/mol. The number of nitrogens with zero attached hydrogens (tertiary/aromatic N) is 1. The van der Waals surface area contributed by atoms with Gasteiger partial charge in [-0.25, -0.2) is 9.18 Å². The molecule has 8 heteroatoms. The maximum Gasteiger partial charge on any atom is 0.416 e. The number of benzene rings is 2. The molecule has 0 saturated heterocycles. The third-order valence-corrected chi connectivity index (χ3v) is 3.74. The van der Waals surface area contributed by atoms with Crippen LogP contribution in [0.25, 0.3) is 0 Å². The molecular weight excluding hydrogens is 392 g/mol. The van der Waals surface area contributed by atoms with E-state index in [2.05, 4.69) is 21.2 Å². The highest BCUT2D eigenvalue weighted by Gasteiger charge is 2.33. The summed E-state index contributed by atoms with van der Waals surface area (Å²) in [5, 5.41) is 2.33. The summed E-state index contributed by atoms with van der Waals surface area (Å²) >= 11 is 3.09. The molecule has 128 valence electrons. The molecule has 0 atom stereocenters. The largest absolute Gasteiger partial charge is 0.416 e. The summed E-state index contributed by atoms with van der Waals surface area (Å²) in [4.78, 5) is 13.1. The van der Waals surface area contributed by atoms with Gasteiger partial charge in [-0.3, -0.25) is 0 Å². The molecule has 1 N–H and O–H groups in total. The Kier molecular flexibility index (Phi) is 5.48. The van der Waals surface area contributed by atoms with Gasteiger partial charge >= 0.3 is 12.2 Å². The summed E-state index contributed by atoms with van der Waals surface area (Å²) in [6.45, 7) is -0.264. The van der Waals surface area contributed by atoms with Crippen LogP contribution in [0.1, 0.15) is 11.1 Å². The third-order valence-electron chi connectivity index (χ3n) is 3.25. The van der Waals surface area contributed by atoms with Crippen LogP contribution in [0.5, 0.6) is 0 Å². The Labute approximate surface area is 144 Å². The van der Waals surface area contributed by atoms with E-state index in [0.29, 0.717) is 4.47 Å². The van der Waals surface area contributed by atoms with Crippen molar-refractivity contribution in [3.63, 3.8) is 0 Å². The molecule has 2 aromatic carbocycles. The van der Waals surface area contributed by atoms with Crippen molar-refractivity contribution in [2.24, 2.45) is 0 Å². The van der Waals surface area contributed by atoms with Crippen LogP contribution in [0.4, 0.5) is 28.0 Å². The highest BCUT2D eigenvalue weighted by Crippen LogP contribution is 2.32. The Morgan fingerprint density at radius 1 is 1.21 bits per heavy atom. The molecule has 0 aromatic heterocycles. The van der Waals surface area contributed by atoms with Gasteiger partial charge in [0.15, 0.2) is 0 Å². The van der Waals surface area contributed by atoms with E-state index in [-0.39, 0.29) is 17.8 Å². The fourth-order valence-electron chi connectivity index (χ4n) is 2.06. The lowest BCUT2D eigenvalue weighted by molar-refractivity contribution is -0.138. The molecule has 0 aliphatic rings. The normalized spacial score (nSPS) is 11.2. The number of hydrogen-bond donors (Lipinski definition) is 1. The fraction of sp³-hybridized carbons (Fsp3) is 0.188. The lowest BCUT2D eigenvalue weighted by atomic mass is 10.1. The number of anilines is 1. The van der Waals surface area contributed by atoms with E-state index in [4.69, 9.17) is 0 Å². The van der Waals surface area contributed by atoms with Gasteiger partial charge in [-0.15, -0.1) is 0 Å². The van der Waals surface area contributed by atoms with Gasteiger partial charge in [0.05, 0.1) is 11.3 Å². The number of hydrogen-bond acceptors (Lipinski definition) is 1. The standard InChI is InChI=1S/C16H13BrF4N2O/c1-23(9-10-4-2-3-5-12(10)16(19,20)21)15(24)22-14-7-6-11(17)8-13(14)18/h2-8H,9H2,1H3,(H,22,24). The fourth-order valence-corrected chi connectivity index (χ4v) is 2.40. The van der Waals surface area contributed by atoms with Crippen LogP contribution in [-0.2, 0) is 12.7 Å². The molecule has 0 aliphatic carbocycles. The van der Waals surface area contributed by atoms with Crippen LogP contribution in [0, 0.1) is 5.82 Å². The monoisotopic (exact) mass is 404 g/mol. The first kappa shape index (κ1) is 18.3. The van der Waals surface area contributed by atoms with Crippen molar-refractivity contribution in [2.45, 2.75) is 12.7 Å². The van der Waals surface area contributed by atoms with Crippen LogP contribution in [0.2, 0.25) is 0 Å². The first-order valence-corrected chi connectivity index (χ1v) is 7.60. The summed E-state index contributed by atoms with van der Waals surface area (Å²) in [5.41, 5.74) is -0.905. The Balaban J connectivity index is 2.13. The number of carbonyl (C=O) groups excluding carboxylic acids is 1. The Bertz CT molecular complexity index is 749. The Morgan fingerprint density at radius 3 is 2.50 bits per heavy atom. The van der Waals surface area contributed by atoms with Gasteiger partial charge in [-0.2, -0.15) is 13.2 Å². The minimum atomic E-state index is -4.51. The molecule has 2 rings (SSSR count). The summed E-state index contributed by atoms with van der Waals surface area (Å²) in [6.07, 6.45) is -4.51. The quantitative estimate of drug-likeness (QED) is 0.694. The van der Waals surface area contributed by atoms with E-state index in [9.17, 15) is 22.4 Å². The number of rotatable bonds is 3. The molecule has 3 nitrogen and oxygen atoms in total.